The van der Waals surface area contributed by atoms with Crippen LogP contribution in [0, 0.1) is 5.41 Å². The van der Waals surface area contributed by atoms with E-state index in [1.165, 1.54) is 32.1 Å². The Balaban J connectivity index is 1.64. The lowest BCUT2D eigenvalue weighted by Gasteiger charge is -2.53. The highest BCUT2D eigenvalue weighted by atomic mass is 35.5. The maximum Gasteiger partial charge on any atom is 0.226 e. The second-order valence-electron chi connectivity index (χ2n) is 5.87. The fourth-order valence-corrected chi connectivity index (χ4v) is 3.73. The van der Waals surface area contributed by atoms with E-state index in [-0.39, 0.29) is 5.28 Å². The molecule has 1 N–H and O–H groups in total. The highest BCUT2D eigenvalue weighted by Gasteiger charge is 2.44. The zero-order valence-electron chi connectivity index (χ0n) is 10.7. The molecular formula is C13H16ClN5. The molecule has 19 heavy (non-hydrogen) atoms. The van der Waals surface area contributed by atoms with Gasteiger partial charge in [0.1, 0.15) is 5.82 Å². The average molecular weight is 278 g/mol. The largest absolute Gasteiger partial charge is 0.355 e. The zero-order valence-corrected chi connectivity index (χ0v) is 11.4. The maximum absolute atomic E-state index is 5.99. The number of aromatic nitrogens is 4. The molecule has 4 rings (SSSR count). The first-order chi connectivity index (χ1) is 9.26. The molecule has 0 amide bonds. The lowest BCUT2D eigenvalue weighted by atomic mass is 9.68. The van der Waals surface area contributed by atoms with E-state index in [9.17, 15) is 0 Å². The van der Waals surface area contributed by atoms with Crippen LogP contribution in [0.1, 0.15) is 32.1 Å². The van der Waals surface area contributed by atoms with Gasteiger partial charge < -0.3 is 4.90 Å². The minimum atomic E-state index is 0.288. The molecule has 2 aromatic heterocycles. The number of aromatic amines is 1. The summed E-state index contributed by atoms with van der Waals surface area (Å²) >= 11 is 5.99. The van der Waals surface area contributed by atoms with Gasteiger partial charge in [0, 0.05) is 18.5 Å². The Hall–Kier alpha value is -1.36. The van der Waals surface area contributed by atoms with Crippen LogP contribution >= 0.6 is 11.6 Å². The molecule has 1 spiro atoms. The Bertz CT molecular complexity index is 609. The molecule has 5 nitrogen and oxygen atoms in total. The average Bonchev–Trinajstić information content (AvgIpc) is 2.84. The van der Waals surface area contributed by atoms with Crippen molar-refractivity contribution in [1.29, 1.82) is 0 Å². The highest BCUT2D eigenvalue weighted by Crippen LogP contribution is 2.46. The van der Waals surface area contributed by atoms with Crippen LogP contribution in [-0.2, 0) is 0 Å². The van der Waals surface area contributed by atoms with Crippen LogP contribution in [0.4, 0.5) is 5.82 Å². The van der Waals surface area contributed by atoms with E-state index < -0.39 is 0 Å². The lowest BCUT2D eigenvalue weighted by Crippen LogP contribution is -2.57. The predicted molar refractivity (Wildman–Crippen MR) is 74.4 cm³/mol. The zero-order chi connectivity index (χ0) is 12.9. The van der Waals surface area contributed by atoms with Crippen molar-refractivity contribution in [1.82, 2.24) is 20.2 Å². The van der Waals surface area contributed by atoms with Gasteiger partial charge in [-0.25, -0.2) is 0 Å². The molecule has 1 saturated heterocycles. The summed E-state index contributed by atoms with van der Waals surface area (Å²) in [6.45, 7) is 2.20. The molecule has 0 aromatic carbocycles. The molecule has 0 bridgehead atoms. The summed E-state index contributed by atoms with van der Waals surface area (Å²) < 4.78 is 0. The SMILES string of the molecule is Clc1nc(N2CC3(CCCCC3)C2)c2cn[nH]c2n1. The maximum atomic E-state index is 5.99. The molecule has 0 atom stereocenters. The van der Waals surface area contributed by atoms with Gasteiger partial charge in [-0.1, -0.05) is 19.3 Å². The number of anilines is 1. The van der Waals surface area contributed by atoms with Gasteiger partial charge in [0.05, 0.1) is 11.6 Å². The van der Waals surface area contributed by atoms with Crippen molar-refractivity contribution >= 4 is 28.5 Å². The fourth-order valence-electron chi connectivity index (χ4n) is 3.57. The van der Waals surface area contributed by atoms with Crippen molar-refractivity contribution in [2.24, 2.45) is 5.41 Å². The van der Waals surface area contributed by atoms with Crippen molar-refractivity contribution in [2.75, 3.05) is 18.0 Å². The van der Waals surface area contributed by atoms with E-state index in [1.807, 2.05) is 0 Å². The first-order valence-electron chi connectivity index (χ1n) is 6.87. The van der Waals surface area contributed by atoms with Gasteiger partial charge in [0.25, 0.3) is 0 Å². The Morgan fingerprint density at radius 2 is 1.95 bits per heavy atom. The van der Waals surface area contributed by atoms with Crippen LogP contribution in [0.25, 0.3) is 11.0 Å². The molecule has 1 saturated carbocycles. The summed E-state index contributed by atoms with van der Waals surface area (Å²) in [5.41, 5.74) is 1.26. The van der Waals surface area contributed by atoms with E-state index >= 15 is 0 Å². The summed E-state index contributed by atoms with van der Waals surface area (Å²) in [4.78, 5) is 10.9. The minimum Gasteiger partial charge on any atom is -0.355 e. The number of halogens is 1. The highest BCUT2D eigenvalue weighted by molar-refractivity contribution is 6.28. The van der Waals surface area contributed by atoms with Crippen LogP contribution in [-0.4, -0.2) is 33.3 Å². The molecule has 0 unspecified atom stereocenters. The molecule has 1 aliphatic carbocycles. The van der Waals surface area contributed by atoms with E-state index in [2.05, 4.69) is 25.1 Å². The summed E-state index contributed by atoms with van der Waals surface area (Å²) in [5.74, 6) is 0.931. The number of hydrogen-bond donors (Lipinski definition) is 1. The standard InChI is InChI=1S/C13H16ClN5/c14-12-16-10-9(6-15-18-10)11(17-12)19-7-13(8-19)4-2-1-3-5-13/h6H,1-5,7-8H2,(H,15,16,17,18). The third-order valence-corrected chi connectivity index (χ3v) is 4.70. The normalized spacial score (nSPS) is 21.8. The molecule has 0 radical (unpaired) electrons. The molecule has 3 heterocycles. The monoisotopic (exact) mass is 277 g/mol. The second kappa shape index (κ2) is 4.07. The molecule has 1 aliphatic heterocycles. The summed E-state index contributed by atoms with van der Waals surface area (Å²) in [5, 5.41) is 8.15. The summed E-state index contributed by atoms with van der Waals surface area (Å²) in [6, 6.07) is 0. The van der Waals surface area contributed by atoms with E-state index in [0.29, 0.717) is 5.41 Å². The van der Waals surface area contributed by atoms with Crippen LogP contribution in [0.5, 0.6) is 0 Å². The Labute approximate surface area is 116 Å². The third kappa shape index (κ3) is 1.79. The van der Waals surface area contributed by atoms with Gasteiger partial charge in [-0.05, 0) is 24.4 Å². The minimum absolute atomic E-state index is 0.288. The number of rotatable bonds is 1. The quantitative estimate of drug-likeness (QED) is 0.815. The topological polar surface area (TPSA) is 57.7 Å². The van der Waals surface area contributed by atoms with E-state index in [0.717, 1.165) is 29.9 Å². The van der Waals surface area contributed by atoms with Crippen LogP contribution in [0.15, 0.2) is 6.20 Å². The third-order valence-electron chi connectivity index (χ3n) is 4.53. The van der Waals surface area contributed by atoms with Crippen LogP contribution in [0.2, 0.25) is 5.28 Å². The van der Waals surface area contributed by atoms with Gasteiger partial charge in [-0.2, -0.15) is 15.1 Å². The number of fused-ring (bicyclic) bond motifs is 1. The Morgan fingerprint density at radius 3 is 2.74 bits per heavy atom. The molecule has 100 valence electrons. The van der Waals surface area contributed by atoms with Gasteiger partial charge in [0.2, 0.25) is 5.28 Å². The number of nitrogens with one attached hydrogen (secondary N) is 1. The lowest BCUT2D eigenvalue weighted by molar-refractivity contribution is 0.139. The number of nitrogens with zero attached hydrogens (tertiary/aromatic N) is 4. The Kier molecular flexibility index (Phi) is 2.45. The van der Waals surface area contributed by atoms with Crippen molar-refractivity contribution in [2.45, 2.75) is 32.1 Å². The van der Waals surface area contributed by atoms with Crippen molar-refractivity contribution < 1.29 is 0 Å². The molecular weight excluding hydrogens is 262 g/mol. The number of H-pyrrole nitrogens is 1. The van der Waals surface area contributed by atoms with E-state index in [4.69, 9.17) is 11.6 Å². The summed E-state index contributed by atoms with van der Waals surface area (Å²) in [7, 11) is 0. The van der Waals surface area contributed by atoms with Crippen molar-refractivity contribution in [3.63, 3.8) is 0 Å². The van der Waals surface area contributed by atoms with Gasteiger partial charge in [0.15, 0.2) is 5.65 Å². The van der Waals surface area contributed by atoms with Crippen LogP contribution in [0.3, 0.4) is 0 Å². The number of hydrogen-bond acceptors (Lipinski definition) is 4. The first kappa shape index (κ1) is 11.5. The van der Waals surface area contributed by atoms with Crippen LogP contribution < -0.4 is 4.90 Å². The predicted octanol–water partition coefficient (Wildman–Crippen LogP) is 2.78. The molecule has 6 heteroatoms. The fraction of sp³-hybridized carbons (Fsp3) is 0.615. The smallest absolute Gasteiger partial charge is 0.226 e. The summed E-state index contributed by atoms with van der Waals surface area (Å²) in [6.07, 6.45) is 8.65. The molecule has 2 fully saturated rings. The molecule has 2 aliphatic rings. The first-order valence-corrected chi connectivity index (χ1v) is 7.25. The Morgan fingerprint density at radius 1 is 1.16 bits per heavy atom. The van der Waals surface area contributed by atoms with Gasteiger partial charge in [-0.15, -0.1) is 0 Å². The van der Waals surface area contributed by atoms with Crippen molar-refractivity contribution in [3.8, 4) is 0 Å². The van der Waals surface area contributed by atoms with Gasteiger partial charge in [-0.3, -0.25) is 5.10 Å². The van der Waals surface area contributed by atoms with Gasteiger partial charge >= 0.3 is 0 Å². The van der Waals surface area contributed by atoms with E-state index in [1.54, 1.807) is 6.20 Å². The van der Waals surface area contributed by atoms with Crippen molar-refractivity contribution in [3.05, 3.63) is 11.5 Å². The molecule has 2 aromatic rings. The second-order valence-corrected chi connectivity index (χ2v) is 6.20.